The van der Waals surface area contributed by atoms with Crippen molar-refractivity contribution in [3.05, 3.63) is 23.8 Å². The SMILES string of the molecule is Cc1cnc(C(=O)N2CCCCCCN(C)C(=O)C3CCCC32)cn1. The predicted molar refractivity (Wildman–Crippen MR) is 95.0 cm³/mol. The topological polar surface area (TPSA) is 66.4 Å². The second-order valence-electron chi connectivity index (χ2n) is 7.32. The number of hydrogen-bond donors (Lipinski definition) is 0. The normalized spacial score (nSPS) is 25.4. The lowest BCUT2D eigenvalue weighted by Crippen LogP contribution is -2.47. The van der Waals surface area contributed by atoms with E-state index in [9.17, 15) is 9.59 Å². The molecule has 2 unspecified atom stereocenters. The van der Waals surface area contributed by atoms with Crippen LogP contribution in [0.2, 0.25) is 0 Å². The van der Waals surface area contributed by atoms with Crippen molar-refractivity contribution in [2.24, 2.45) is 5.92 Å². The summed E-state index contributed by atoms with van der Waals surface area (Å²) >= 11 is 0. The van der Waals surface area contributed by atoms with Crippen LogP contribution in [0.25, 0.3) is 0 Å². The van der Waals surface area contributed by atoms with Crippen LogP contribution in [0, 0.1) is 12.8 Å². The lowest BCUT2D eigenvalue weighted by atomic mass is 9.99. The number of carbonyl (C=O) groups is 2. The lowest BCUT2D eigenvalue weighted by molar-refractivity contribution is -0.135. The zero-order valence-corrected chi connectivity index (χ0v) is 15.3. The van der Waals surface area contributed by atoms with Gasteiger partial charge in [0.05, 0.1) is 17.8 Å². The smallest absolute Gasteiger partial charge is 0.274 e. The summed E-state index contributed by atoms with van der Waals surface area (Å²) < 4.78 is 0. The van der Waals surface area contributed by atoms with E-state index in [-0.39, 0.29) is 23.8 Å². The van der Waals surface area contributed by atoms with E-state index in [1.54, 1.807) is 12.4 Å². The molecule has 0 radical (unpaired) electrons. The zero-order valence-electron chi connectivity index (χ0n) is 15.3. The van der Waals surface area contributed by atoms with Crippen molar-refractivity contribution in [2.75, 3.05) is 20.1 Å². The van der Waals surface area contributed by atoms with Crippen molar-refractivity contribution in [2.45, 2.75) is 57.9 Å². The van der Waals surface area contributed by atoms with Crippen molar-refractivity contribution in [1.82, 2.24) is 19.8 Å². The van der Waals surface area contributed by atoms with Crippen molar-refractivity contribution < 1.29 is 9.59 Å². The Balaban J connectivity index is 1.86. The largest absolute Gasteiger partial charge is 0.345 e. The average Bonchev–Trinajstić information content (AvgIpc) is 3.08. The summed E-state index contributed by atoms with van der Waals surface area (Å²) in [6.07, 6.45) is 10.2. The number of aryl methyl sites for hydroxylation is 1. The molecular weight excluding hydrogens is 316 g/mol. The predicted octanol–water partition coefficient (Wildman–Crippen LogP) is 2.43. The summed E-state index contributed by atoms with van der Waals surface area (Å²) in [4.78, 5) is 38.2. The van der Waals surface area contributed by atoms with Crippen molar-refractivity contribution >= 4 is 11.8 Å². The highest BCUT2D eigenvalue weighted by molar-refractivity contribution is 5.93. The number of hydrogen-bond acceptors (Lipinski definition) is 4. The Morgan fingerprint density at radius 3 is 2.52 bits per heavy atom. The van der Waals surface area contributed by atoms with E-state index in [4.69, 9.17) is 0 Å². The number of nitrogens with zero attached hydrogens (tertiary/aromatic N) is 4. The third kappa shape index (κ3) is 3.99. The van der Waals surface area contributed by atoms with Gasteiger partial charge in [-0.1, -0.05) is 19.3 Å². The van der Waals surface area contributed by atoms with E-state index in [2.05, 4.69) is 9.97 Å². The molecule has 1 aliphatic heterocycles. The van der Waals surface area contributed by atoms with E-state index >= 15 is 0 Å². The molecule has 6 heteroatoms. The van der Waals surface area contributed by atoms with Gasteiger partial charge in [-0.15, -0.1) is 0 Å². The maximum Gasteiger partial charge on any atom is 0.274 e. The van der Waals surface area contributed by atoms with Crippen LogP contribution in [0.4, 0.5) is 0 Å². The van der Waals surface area contributed by atoms with Crippen LogP contribution in [0.3, 0.4) is 0 Å². The Morgan fingerprint density at radius 2 is 1.80 bits per heavy atom. The van der Waals surface area contributed by atoms with E-state index < -0.39 is 0 Å². The van der Waals surface area contributed by atoms with Gasteiger partial charge in [0.1, 0.15) is 5.69 Å². The van der Waals surface area contributed by atoms with E-state index in [1.807, 2.05) is 23.8 Å². The van der Waals surface area contributed by atoms with E-state index in [0.29, 0.717) is 12.2 Å². The molecule has 1 aliphatic carbocycles. The molecule has 1 saturated carbocycles. The third-order valence-corrected chi connectivity index (χ3v) is 5.48. The summed E-state index contributed by atoms with van der Waals surface area (Å²) in [6, 6.07) is -0.0105. The number of carbonyl (C=O) groups excluding carboxylic acids is 2. The molecule has 0 aromatic carbocycles. The summed E-state index contributed by atoms with van der Waals surface area (Å²) in [5.74, 6) is 0.0294. The molecule has 2 heterocycles. The Kier molecular flexibility index (Phi) is 5.66. The van der Waals surface area contributed by atoms with E-state index in [1.165, 1.54) is 0 Å². The first kappa shape index (κ1) is 17.8. The van der Waals surface area contributed by atoms with Gasteiger partial charge in [0, 0.05) is 32.4 Å². The molecule has 1 aromatic heterocycles. The Bertz CT molecular complexity index is 616. The molecule has 2 fully saturated rings. The fourth-order valence-corrected chi connectivity index (χ4v) is 4.05. The zero-order chi connectivity index (χ0) is 17.8. The summed E-state index contributed by atoms with van der Waals surface area (Å²) in [5, 5.41) is 0. The van der Waals surface area contributed by atoms with Crippen LogP contribution in [-0.2, 0) is 4.79 Å². The van der Waals surface area contributed by atoms with Gasteiger partial charge in [0.2, 0.25) is 5.91 Å². The minimum Gasteiger partial charge on any atom is -0.345 e. The molecule has 6 nitrogen and oxygen atoms in total. The fourth-order valence-electron chi connectivity index (χ4n) is 4.05. The lowest BCUT2D eigenvalue weighted by Gasteiger charge is -2.33. The van der Waals surface area contributed by atoms with Crippen LogP contribution >= 0.6 is 0 Å². The Labute approximate surface area is 149 Å². The summed E-state index contributed by atoms with van der Waals surface area (Å²) in [7, 11) is 1.90. The molecule has 136 valence electrons. The quantitative estimate of drug-likeness (QED) is 0.785. The van der Waals surface area contributed by atoms with Gasteiger partial charge >= 0.3 is 0 Å². The first-order chi connectivity index (χ1) is 12.1. The van der Waals surface area contributed by atoms with Crippen LogP contribution in [-0.4, -0.2) is 57.8 Å². The van der Waals surface area contributed by atoms with Crippen molar-refractivity contribution in [3.8, 4) is 0 Å². The monoisotopic (exact) mass is 344 g/mol. The molecule has 1 aromatic rings. The third-order valence-electron chi connectivity index (χ3n) is 5.48. The maximum absolute atomic E-state index is 13.1. The van der Waals surface area contributed by atoms with Gasteiger partial charge in [0.25, 0.3) is 5.91 Å². The van der Waals surface area contributed by atoms with Gasteiger partial charge in [0.15, 0.2) is 0 Å². The van der Waals surface area contributed by atoms with Gasteiger partial charge in [-0.05, 0) is 32.6 Å². The molecule has 2 atom stereocenters. The minimum absolute atomic E-state index is 0.0105. The second kappa shape index (κ2) is 7.93. The highest BCUT2D eigenvalue weighted by Crippen LogP contribution is 2.33. The van der Waals surface area contributed by atoms with Crippen LogP contribution in [0.15, 0.2) is 12.4 Å². The number of rotatable bonds is 1. The Hall–Kier alpha value is -1.98. The van der Waals surface area contributed by atoms with Gasteiger partial charge in [-0.2, -0.15) is 0 Å². The molecule has 3 rings (SSSR count). The highest BCUT2D eigenvalue weighted by atomic mass is 16.2. The molecule has 1 saturated heterocycles. The highest BCUT2D eigenvalue weighted by Gasteiger charge is 2.40. The molecule has 0 N–H and O–H groups in total. The second-order valence-corrected chi connectivity index (χ2v) is 7.32. The number of fused-ring (bicyclic) bond motifs is 1. The van der Waals surface area contributed by atoms with E-state index in [0.717, 1.165) is 57.2 Å². The fraction of sp³-hybridized carbons (Fsp3) is 0.684. The Morgan fingerprint density at radius 1 is 1.04 bits per heavy atom. The van der Waals surface area contributed by atoms with Crippen molar-refractivity contribution in [3.63, 3.8) is 0 Å². The van der Waals surface area contributed by atoms with Gasteiger partial charge < -0.3 is 9.80 Å². The summed E-state index contributed by atoms with van der Waals surface area (Å²) in [5.41, 5.74) is 1.18. The number of amides is 2. The molecular formula is C19H28N4O2. The van der Waals surface area contributed by atoms with Crippen LogP contribution < -0.4 is 0 Å². The average molecular weight is 344 g/mol. The molecule has 2 aliphatic rings. The van der Waals surface area contributed by atoms with Gasteiger partial charge in [-0.25, -0.2) is 4.98 Å². The minimum atomic E-state index is -0.0842. The molecule has 0 spiro atoms. The van der Waals surface area contributed by atoms with Gasteiger partial charge in [-0.3, -0.25) is 14.6 Å². The number of aromatic nitrogens is 2. The first-order valence-corrected chi connectivity index (χ1v) is 9.42. The standard InChI is InChI=1S/C19H28N4O2/c1-14-12-21-16(13-20-14)19(25)23-11-6-4-3-5-10-22(2)18(24)15-8-7-9-17(15)23/h12-13,15,17H,3-11H2,1-2H3. The first-order valence-electron chi connectivity index (χ1n) is 9.42. The molecule has 0 bridgehead atoms. The van der Waals surface area contributed by atoms with Crippen LogP contribution in [0.5, 0.6) is 0 Å². The van der Waals surface area contributed by atoms with Crippen molar-refractivity contribution in [1.29, 1.82) is 0 Å². The van der Waals surface area contributed by atoms with Crippen LogP contribution in [0.1, 0.15) is 61.1 Å². The molecule has 2 amide bonds. The summed E-state index contributed by atoms with van der Waals surface area (Å²) in [6.45, 7) is 3.38. The molecule has 25 heavy (non-hydrogen) atoms. The maximum atomic E-state index is 13.1.